The van der Waals surface area contributed by atoms with Gasteiger partial charge in [-0.25, -0.2) is 4.98 Å². The van der Waals surface area contributed by atoms with E-state index < -0.39 is 0 Å². The largest absolute Gasteiger partial charge is 0.447 e. The SMILES string of the molecule is CCOC#Cc1cc2cnc(Nc3ccc(N4CCNCC4)c(C)c3)nc2n(Cc2cnccc2C(C)C)c1=O. The summed E-state index contributed by atoms with van der Waals surface area (Å²) in [5.41, 5.74) is 6.02. The first kappa shape index (κ1) is 27.2. The second-order valence-electron chi connectivity index (χ2n) is 10.2. The Morgan fingerprint density at radius 3 is 2.73 bits per heavy atom. The summed E-state index contributed by atoms with van der Waals surface area (Å²) in [6.45, 7) is 12.9. The molecule has 2 N–H and O–H groups in total. The number of benzene rings is 1. The van der Waals surface area contributed by atoms with Gasteiger partial charge in [-0.3, -0.25) is 14.3 Å². The molecule has 1 aromatic carbocycles. The van der Waals surface area contributed by atoms with E-state index in [-0.39, 0.29) is 11.5 Å². The van der Waals surface area contributed by atoms with Crippen molar-refractivity contribution in [2.45, 2.75) is 40.2 Å². The van der Waals surface area contributed by atoms with Crippen LogP contribution in [0.1, 0.15) is 48.9 Å². The third-order valence-corrected chi connectivity index (χ3v) is 7.03. The van der Waals surface area contributed by atoms with E-state index in [0.29, 0.717) is 35.7 Å². The minimum Gasteiger partial charge on any atom is -0.447 e. The van der Waals surface area contributed by atoms with Crippen LogP contribution in [0.3, 0.4) is 0 Å². The number of fused-ring (bicyclic) bond motifs is 1. The first-order chi connectivity index (χ1) is 19.4. The predicted octanol–water partition coefficient (Wildman–Crippen LogP) is 4.17. The van der Waals surface area contributed by atoms with Gasteiger partial charge >= 0.3 is 0 Å². The molecule has 206 valence electrons. The molecular weight excluding hydrogens is 502 g/mol. The summed E-state index contributed by atoms with van der Waals surface area (Å²) in [5.74, 6) is 3.56. The van der Waals surface area contributed by atoms with E-state index in [1.807, 2.05) is 25.3 Å². The van der Waals surface area contributed by atoms with Gasteiger partial charge in [0.05, 0.1) is 18.7 Å². The highest BCUT2D eigenvalue weighted by Crippen LogP contribution is 2.26. The van der Waals surface area contributed by atoms with Gasteiger partial charge in [0.1, 0.15) is 11.8 Å². The summed E-state index contributed by atoms with van der Waals surface area (Å²) in [6, 6.07) is 10.0. The summed E-state index contributed by atoms with van der Waals surface area (Å²) >= 11 is 0. The molecule has 0 atom stereocenters. The van der Waals surface area contributed by atoms with Crippen molar-refractivity contribution < 1.29 is 4.74 Å². The third kappa shape index (κ3) is 5.92. The average molecular weight is 538 g/mol. The lowest BCUT2D eigenvalue weighted by Crippen LogP contribution is -2.43. The number of hydrogen-bond acceptors (Lipinski definition) is 8. The molecule has 0 saturated carbocycles. The van der Waals surface area contributed by atoms with Crippen LogP contribution in [0, 0.1) is 19.0 Å². The smallest absolute Gasteiger partial charge is 0.268 e. The number of anilines is 3. The van der Waals surface area contributed by atoms with Gasteiger partial charge in [0.25, 0.3) is 5.56 Å². The van der Waals surface area contributed by atoms with Crippen LogP contribution in [-0.2, 0) is 11.3 Å². The highest BCUT2D eigenvalue weighted by atomic mass is 16.5. The number of piperazine rings is 1. The standard InChI is InChI=1S/C31H35N7O2/c1-5-40-15-9-23-17-24-19-34-31(35-26-6-7-28(22(4)16-26)37-13-11-32-12-14-37)36-29(24)38(30(23)39)20-25-18-33-10-8-27(25)21(2)3/h6-8,10,16-19,21,32H,5,11-14,20H2,1-4H3,(H,34,35,36). The van der Waals surface area contributed by atoms with Crippen LogP contribution in [0.15, 0.2) is 53.7 Å². The maximum atomic E-state index is 13.7. The Kier molecular flexibility index (Phi) is 8.27. The van der Waals surface area contributed by atoms with Crippen LogP contribution >= 0.6 is 0 Å². The number of aryl methyl sites for hydroxylation is 1. The summed E-state index contributed by atoms with van der Waals surface area (Å²) in [6.07, 6.45) is 7.94. The van der Waals surface area contributed by atoms with Gasteiger partial charge in [-0.15, -0.1) is 0 Å². The molecule has 4 aromatic rings. The molecule has 9 heteroatoms. The fourth-order valence-corrected chi connectivity index (χ4v) is 5.05. The van der Waals surface area contributed by atoms with Crippen molar-refractivity contribution in [2.75, 3.05) is 43.0 Å². The number of ether oxygens (including phenoxy) is 1. The van der Waals surface area contributed by atoms with Crippen molar-refractivity contribution in [3.8, 4) is 12.0 Å². The number of nitrogens with zero attached hydrogens (tertiary/aromatic N) is 5. The van der Waals surface area contributed by atoms with Gasteiger partial charge in [-0.1, -0.05) is 13.8 Å². The lowest BCUT2D eigenvalue weighted by molar-refractivity contribution is 0.299. The summed E-state index contributed by atoms with van der Waals surface area (Å²) in [7, 11) is 0. The summed E-state index contributed by atoms with van der Waals surface area (Å²) in [4.78, 5) is 29.7. The van der Waals surface area contributed by atoms with Gasteiger partial charge in [-0.2, -0.15) is 4.98 Å². The lowest BCUT2D eigenvalue weighted by atomic mass is 9.99. The molecular formula is C31H35N7O2. The molecule has 5 rings (SSSR count). The van der Waals surface area contributed by atoms with Gasteiger partial charge in [0.2, 0.25) is 5.95 Å². The zero-order valence-corrected chi connectivity index (χ0v) is 23.5. The van der Waals surface area contributed by atoms with Crippen LogP contribution in [0.2, 0.25) is 0 Å². The Bertz CT molecular complexity index is 1630. The van der Waals surface area contributed by atoms with E-state index in [2.05, 4.69) is 70.4 Å². The Morgan fingerprint density at radius 2 is 1.98 bits per heavy atom. The van der Waals surface area contributed by atoms with E-state index in [4.69, 9.17) is 9.72 Å². The minimum absolute atomic E-state index is 0.237. The molecule has 3 aromatic heterocycles. The van der Waals surface area contributed by atoms with Crippen molar-refractivity contribution in [1.82, 2.24) is 24.8 Å². The van der Waals surface area contributed by atoms with Crippen molar-refractivity contribution in [3.05, 3.63) is 81.5 Å². The number of aromatic nitrogens is 4. The molecule has 1 fully saturated rings. The van der Waals surface area contributed by atoms with Gasteiger partial charge in [-0.05, 0) is 72.7 Å². The number of pyridine rings is 2. The van der Waals surface area contributed by atoms with Crippen LogP contribution in [0.5, 0.6) is 0 Å². The fourth-order valence-electron chi connectivity index (χ4n) is 5.05. The molecule has 0 amide bonds. The first-order valence-corrected chi connectivity index (χ1v) is 13.7. The number of hydrogen-bond donors (Lipinski definition) is 2. The fraction of sp³-hybridized carbons (Fsp3) is 0.355. The first-order valence-electron chi connectivity index (χ1n) is 13.7. The molecule has 0 aliphatic carbocycles. The lowest BCUT2D eigenvalue weighted by Gasteiger charge is -2.30. The van der Waals surface area contributed by atoms with Crippen LogP contribution in [-0.4, -0.2) is 52.3 Å². The normalized spacial score (nSPS) is 13.3. The molecule has 0 bridgehead atoms. The zero-order chi connectivity index (χ0) is 28.1. The molecule has 0 unspecified atom stereocenters. The highest BCUT2D eigenvalue weighted by Gasteiger charge is 2.16. The van der Waals surface area contributed by atoms with Crippen molar-refractivity contribution in [1.29, 1.82) is 0 Å². The molecule has 0 radical (unpaired) electrons. The molecule has 40 heavy (non-hydrogen) atoms. The van der Waals surface area contributed by atoms with E-state index >= 15 is 0 Å². The van der Waals surface area contributed by atoms with Crippen LogP contribution in [0.25, 0.3) is 11.0 Å². The Labute approximate surface area is 234 Å². The van der Waals surface area contributed by atoms with E-state index in [1.165, 1.54) is 11.3 Å². The van der Waals surface area contributed by atoms with Crippen LogP contribution < -0.4 is 21.1 Å². The molecule has 9 nitrogen and oxygen atoms in total. The summed E-state index contributed by atoms with van der Waals surface area (Å²) < 4.78 is 6.84. The Hall–Kier alpha value is -4.42. The zero-order valence-electron chi connectivity index (χ0n) is 23.5. The van der Waals surface area contributed by atoms with Crippen molar-refractivity contribution >= 4 is 28.4 Å². The number of rotatable bonds is 7. The summed E-state index contributed by atoms with van der Waals surface area (Å²) in [5, 5.41) is 7.45. The van der Waals surface area contributed by atoms with E-state index in [9.17, 15) is 4.79 Å². The monoisotopic (exact) mass is 537 g/mol. The number of nitrogens with one attached hydrogen (secondary N) is 2. The van der Waals surface area contributed by atoms with Gasteiger partial charge in [0, 0.05) is 61.5 Å². The molecule has 1 saturated heterocycles. The van der Waals surface area contributed by atoms with Gasteiger partial charge in [0.15, 0.2) is 0 Å². The third-order valence-electron chi connectivity index (χ3n) is 7.03. The van der Waals surface area contributed by atoms with Crippen molar-refractivity contribution in [3.63, 3.8) is 0 Å². The van der Waals surface area contributed by atoms with Crippen LogP contribution in [0.4, 0.5) is 17.3 Å². The van der Waals surface area contributed by atoms with E-state index in [1.54, 1.807) is 23.0 Å². The molecule has 0 spiro atoms. The molecule has 1 aliphatic rings. The Balaban J connectivity index is 1.53. The Morgan fingerprint density at radius 1 is 1.15 bits per heavy atom. The average Bonchev–Trinajstić information content (AvgIpc) is 2.96. The highest BCUT2D eigenvalue weighted by molar-refractivity contribution is 5.78. The van der Waals surface area contributed by atoms with Crippen molar-refractivity contribution in [2.24, 2.45) is 0 Å². The maximum Gasteiger partial charge on any atom is 0.268 e. The molecule has 1 aliphatic heterocycles. The topological polar surface area (TPSA) is 97.2 Å². The molecule has 4 heterocycles. The second-order valence-corrected chi connectivity index (χ2v) is 10.2. The predicted molar refractivity (Wildman–Crippen MR) is 159 cm³/mol. The van der Waals surface area contributed by atoms with Gasteiger partial charge < -0.3 is 20.3 Å². The maximum absolute atomic E-state index is 13.7. The second kappa shape index (κ2) is 12.2. The van der Waals surface area contributed by atoms with E-state index in [0.717, 1.165) is 43.0 Å². The quantitative estimate of drug-likeness (QED) is 0.339. The minimum atomic E-state index is -0.237.